The Hall–Kier alpha value is -0.160. The lowest BCUT2D eigenvalue weighted by atomic mass is 9.89. The molecule has 2 saturated heterocycles. The monoisotopic (exact) mass is 202 g/mol. The molecular formula is C10H18O4. The van der Waals surface area contributed by atoms with Gasteiger partial charge in [0.25, 0.3) is 0 Å². The molecule has 0 aromatic heterocycles. The number of aliphatic hydroxyl groups excluding tert-OH is 1. The molecule has 2 fully saturated rings. The molecule has 2 aliphatic heterocycles. The van der Waals surface area contributed by atoms with Crippen molar-refractivity contribution >= 4 is 0 Å². The molecule has 0 unspecified atom stereocenters. The molecule has 2 rings (SSSR count). The van der Waals surface area contributed by atoms with Gasteiger partial charge in [-0.1, -0.05) is 6.92 Å². The Morgan fingerprint density at radius 2 is 1.93 bits per heavy atom. The van der Waals surface area contributed by atoms with Crippen molar-refractivity contribution in [3.63, 3.8) is 0 Å². The number of fused-ring (bicyclic) bond motifs is 1. The number of hydrogen-bond acceptors (Lipinski definition) is 4. The van der Waals surface area contributed by atoms with Crippen LogP contribution in [-0.2, 0) is 14.2 Å². The lowest BCUT2D eigenvalue weighted by Crippen LogP contribution is -2.40. The Morgan fingerprint density at radius 3 is 2.43 bits per heavy atom. The van der Waals surface area contributed by atoms with Gasteiger partial charge in [0, 0.05) is 5.92 Å². The van der Waals surface area contributed by atoms with E-state index >= 15 is 0 Å². The molecule has 0 saturated carbocycles. The molecule has 82 valence electrons. The summed E-state index contributed by atoms with van der Waals surface area (Å²) in [6.45, 7) is 7.76. The van der Waals surface area contributed by atoms with Gasteiger partial charge in [-0.05, 0) is 20.8 Å². The van der Waals surface area contributed by atoms with E-state index in [-0.39, 0.29) is 24.9 Å². The first-order valence-electron chi connectivity index (χ1n) is 5.03. The molecule has 4 nitrogen and oxygen atoms in total. The van der Waals surface area contributed by atoms with Gasteiger partial charge in [-0.25, -0.2) is 0 Å². The van der Waals surface area contributed by atoms with Crippen LogP contribution >= 0.6 is 0 Å². The molecule has 2 aliphatic rings. The molecule has 0 aromatic rings. The van der Waals surface area contributed by atoms with E-state index in [1.165, 1.54) is 0 Å². The zero-order valence-corrected chi connectivity index (χ0v) is 9.11. The quantitative estimate of drug-likeness (QED) is 0.685. The van der Waals surface area contributed by atoms with E-state index in [1.54, 1.807) is 0 Å². The van der Waals surface area contributed by atoms with Crippen molar-refractivity contribution in [3.05, 3.63) is 0 Å². The normalized spacial score (nSPS) is 50.8. The lowest BCUT2D eigenvalue weighted by molar-refractivity contribution is -0.215. The van der Waals surface area contributed by atoms with Gasteiger partial charge < -0.3 is 19.3 Å². The third-order valence-electron chi connectivity index (χ3n) is 3.26. The van der Waals surface area contributed by atoms with Crippen LogP contribution in [0.5, 0.6) is 0 Å². The SMILES string of the molecule is C[C@@H]1[C@@H](CO)O[C@@H]2OC(C)(C)O[C@@]21C. The predicted octanol–water partition coefficient (Wildman–Crippen LogP) is 0.881. The third-order valence-corrected chi connectivity index (χ3v) is 3.26. The molecule has 14 heavy (non-hydrogen) atoms. The first-order chi connectivity index (χ1) is 6.39. The van der Waals surface area contributed by atoms with E-state index in [1.807, 2.05) is 27.7 Å². The van der Waals surface area contributed by atoms with Crippen LogP contribution in [0.15, 0.2) is 0 Å². The summed E-state index contributed by atoms with van der Waals surface area (Å²) in [5.74, 6) is -0.451. The van der Waals surface area contributed by atoms with Crippen LogP contribution in [0.2, 0.25) is 0 Å². The van der Waals surface area contributed by atoms with Crippen LogP contribution < -0.4 is 0 Å². The Labute approximate surface area is 84.1 Å². The third kappa shape index (κ3) is 1.29. The van der Waals surface area contributed by atoms with Gasteiger partial charge in [0.15, 0.2) is 12.1 Å². The van der Waals surface area contributed by atoms with Crippen molar-refractivity contribution in [2.45, 2.75) is 51.5 Å². The zero-order valence-electron chi connectivity index (χ0n) is 9.11. The molecule has 0 spiro atoms. The first kappa shape index (κ1) is 10.4. The second-order valence-electron chi connectivity index (χ2n) is 4.78. The second kappa shape index (κ2) is 2.92. The topological polar surface area (TPSA) is 47.9 Å². The minimum atomic E-state index is -0.589. The minimum absolute atomic E-state index is 0.0143. The number of rotatable bonds is 1. The van der Waals surface area contributed by atoms with Crippen molar-refractivity contribution in [2.24, 2.45) is 5.92 Å². The maximum atomic E-state index is 9.10. The van der Waals surface area contributed by atoms with Gasteiger partial charge in [0.1, 0.15) is 5.60 Å². The number of hydrogen-bond donors (Lipinski definition) is 1. The van der Waals surface area contributed by atoms with Gasteiger partial charge in [-0.15, -0.1) is 0 Å². The largest absolute Gasteiger partial charge is 0.394 e. The van der Waals surface area contributed by atoms with E-state index in [0.717, 1.165) is 0 Å². The van der Waals surface area contributed by atoms with Crippen molar-refractivity contribution in [1.82, 2.24) is 0 Å². The molecule has 0 aliphatic carbocycles. The van der Waals surface area contributed by atoms with Crippen LogP contribution in [0.25, 0.3) is 0 Å². The van der Waals surface area contributed by atoms with Gasteiger partial charge >= 0.3 is 0 Å². The zero-order chi connectivity index (χ0) is 10.6. The summed E-state index contributed by atoms with van der Waals surface area (Å²) in [7, 11) is 0. The molecule has 4 heteroatoms. The Kier molecular flexibility index (Phi) is 2.16. The van der Waals surface area contributed by atoms with E-state index < -0.39 is 11.4 Å². The Morgan fingerprint density at radius 1 is 1.29 bits per heavy atom. The summed E-state index contributed by atoms with van der Waals surface area (Å²) in [4.78, 5) is 0. The Bertz CT molecular complexity index is 240. The molecular weight excluding hydrogens is 184 g/mol. The summed E-state index contributed by atoms with van der Waals surface area (Å²) in [6, 6.07) is 0. The van der Waals surface area contributed by atoms with Crippen LogP contribution in [-0.4, -0.2) is 35.5 Å². The Balaban J connectivity index is 2.21. The minimum Gasteiger partial charge on any atom is -0.394 e. The molecule has 4 atom stereocenters. The fourth-order valence-corrected chi connectivity index (χ4v) is 2.29. The highest BCUT2D eigenvalue weighted by Crippen LogP contribution is 2.48. The average Bonchev–Trinajstić information content (AvgIpc) is 2.42. The maximum Gasteiger partial charge on any atom is 0.190 e. The van der Waals surface area contributed by atoms with Crippen LogP contribution in [0, 0.1) is 5.92 Å². The standard InChI is InChI=1S/C10H18O4/c1-6-7(5-11)12-8-10(6,4)14-9(2,3)13-8/h6-8,11H,5H2,1-4H3/t6-,7-,8-,10-/m1/s1. The molecule has 1 N–H and O–H groups in total. The lowest BCUT2D eigenvalue weighted by Gasteiger charge is -2.28. The smallest absolute Gasteiger partial charge is 0.190 e. The van der Waals surface area contributed by atoms with E-state index in [2.05, 4.69) is 0 Å². The van der Waals surface area contributed by atoms with E-state index in [9.17, 15) is 0 Å². The summed E-state index contributed by atoms with van der Waals surface area (Å²) in [5, 5.41) is 9.10. The van der Waals surface area contributed by atoms with Crippen molar-refractivity contribution < 1.29 is 19.3 Å². The van der Waals surface area contributed by atoms with Gasteiger partial charge in [0.05, 0.1) is 12.7 Å². The summed E-state index contributed by atoms with van der Waals surface area (Å²) in [5.41, 5.74) is -0.434. The fourth-order valence-electron chi connectivity index (χ4n) is 2.29. The van der Waals surface area contributed by atoms with Crippen molar-refractivity contribution in [1.29, 1.82) is 0 Å². The highest BCUT2D eigenvalue weighted by molar-refractivity contribution is 5.00. The molecule has 2 heterocycles. The first-order valence-corrected chi connectivity index (χ1v) is 5.03. The number of aliphatic hydroxyl groups is 1. The van der Waals surface area contributed by atoms with Gasteiger partial charge in [-0.3, -0.25) is 0 Å². The van der Waals surface area contributed by atoms with E-state index in [0.29, 0.717) is 0 Å². The molecule has 0 aromatic carbocycles. The van der Waals surface area contributed by atoms with Crippen molar-refractivity contribution in [3.8, 4) is 0 Å². The summed E-state index contributed by atoms with van der Waals surface area (Å²) in [6.07, 6.45) is -0.536. The fraction of sp³-hybridized carbons (Fsp3) is 1.00. The average molecular weight is 202 g/mol. The van der Waals surface area contributed by atoms with Crippen LogP contribution in [0.1, 0.15) is 27.7 Å². The number of ether oxygens (including phenoxy) is 3. The van der Waals surface area contributed by atoms with Crippen LogP contribution in [0.4, 0.5) is 0 Å². The van der Waals surface area contributed by atoms with Crippen molar-refractivity contribution in [2.75, 3.05) is 6.61 Å². The van der Waals surface area contributed by atoms with E-state index in [4.69, 9.17) is 19.3 Å². The summed E-state index contributed by atoms with van der Waals surface area (Å²) < 4.78 is 17.1. The molecule has 0 amide bonds. The molecule has 0 radical (unpaired) electrons. The predicted molar refractivity (Wildman–Crippen MR) is 49.6 cm³/mol. The second-order valence-corrected chi connectivity index (χ2v) is 4.78. The van der Waals surface area contributed by atoms with Crippen LogP contribution in [0.3, 0.4) is 0 Å². The highest BCUT2D eigenvalue weighted by Gasteiger charge is 2.61. The maximum absolute atomic E-state index is 9.10. The van der Waals surface area contributed by atoms with Gasteiger partial charge in [0.2, 0.25) is 0 Å². The van der Waals surface area contributed by atoms with Gasteiger partial charge in [-0.2, -0.15) is 0 Å². The summed E-state index contributed by atoms with van der Waals surface area (Å²) >= 11 is 0. The molecule has 0 bridgehead atoms. The highest BCUT2D eigenvalue weighted by atomic mass is 16.8.